The van der Waals surface area contributed by atoms with Gasteiger partial charge in [0.2, 0.25) is 5.91 Å². The van der Waals surface area contributed by atoms with Crippen LogP contribution < -0.4 is 0 Å². The molecule has 3 nitrogen and oxygen atoms in total. The lowest BCUT2D eigenvalue weighted by molar-refractivity contribution is -0.132. The minimum absolute atomic E-state index is 0.279. The quantitative estimate of drug-likeness (QED) is 0.802. The van der Waals surface area contributed by atoms with E-state index >= 15 is 0 Å². The zero-order chi connectivity index (χ0) is 12.7. The van der Waals surface area contributed by atoms with E-state index in [-0.39, 0.29) is 5.92 Å². The average molecular weight is 245 g/mol. The summed E-state index contributed by atoms with van der Waals surface area (Å²) in [4.78, 5) is 14.3. The third-order valence-electron chi connectivity index (χ3n) is 4.18. The number of amides is 1. The van der Waals surface area contributed by atoms with Crippen molar-refractivity contribution in [2.24, 2.45) is 11.8 Å². The summed E-state index contributed by atoms with van der Waals surface area (Å²) in [7, 11) is 0. The van der Waals surface area contributed by atoms with Gasteiger partial charge in [0, 0.05) is 24.6 Å². The summed E-state index contributed by atoms with van der Waals surface area (Å²) in [5.74, 6) is 2.10. The first-order valence-corrected chi connectivity index (χ1v) is 6.68. The number of carbonyl (C=O) groups is 1. The Balaban J connectivity index is 1.77. The molecule has 0 unspecified atom stereocenters. The number of nitrogens with zero attached hydrogens (tertiary/aromatic N) is 1. The molecule has 96 valence electrons. The maximum Gasteiger partial charge on any atom is 0.226 e. The van der Waals surface area contributed by atoms with Crippen molar-refractivity contribution in [3.8, 4) is 0 Å². The molecule has 1 aromatic rings. The maximum atomic E-state index is 12.3. The fourth-order valence-electron chi connectivity index (χ4n) is 2.69. The third-order valence-corrected chi connectivity index (χ3v) is 4.18. The molecule has 3 heteroatoms. The Bertz CT molecular complexity index is 487. The Morgan fingerprint density at radius 3 is 2.89 bits per heavy atom. The van der Waals surface area contributed by atoms with Gasteiger partial charge < -0.3 is 9.32 Å². The van der Waals surface area contributed by atoms with Crippen molar-refractivity contribution >= 4 is 11.5 Å². The van der Waals surface area contributed by atoms with Gasteiger partial charge >= 0.3 is 0 Å². The van der Waals surface area contributed by atoms with Crippen molar-refractivity contribution in [1.29, 1.82) is 0 Å². The molecule has 2 atom stereocenters. The first kappa shape index (κ1) is 11.6. The summed E-state index contributed by atoms with van der Waals surface area (Å²) in [5.41, 5.74) is 2.53. The van der Waals surface area contributed by atoms with Crippen LogP contribution >= 0.6 is 0 Å². The zero-order valence-corrected chi connectivity index (χ0v) is 11.0. The predicted molar refractivity (Wildman–Crippen MR) is 69.8 cm³/mol. The minimum atomic E-state index is 0.279. The first-order chi connectivity index (χ1) is 8.66. The minimum Gasteiger partial charge on any atom is -0.465 e. The molecule has 0 radical (unpaired) electrons. The second-order valence-corrected chi connectivity index (χ2v) is 5.57. The van der Waals surface area contributed by atoms with E-state index in [4.69, 9.17) is 4.42 Å². The topological polar surface area (TPSA) is 33.5 Å². The Labute approximate surface area is 107 Å². The van der Waals surface area contributed by atoms with Gasteiger partial charge in [0.15, 0.2) is 0 Å². The van der Waals surface area contributed by atoms with Crippen molar-refractivity contribution < 1.29 is 9.21 Å². The molecular weight excluding hydrogens is 226 g/mol. The number of rotatable bonds is 2. The van der Waals surface area contributed by atoms with Crippen LogP contribution in [0.5, 0.6) is 0 Å². The van der Waals surface area contributed by atoms with Crippen molar-refractivity contribution in [1.82, 2.24) is 4.90 Å². The Morgan fingerprint density at radius 1 is 1.50 bits per heavy atom. The van der Waals surface area contributed by atoms with Gasteiger partial charge in [0.1, 0.15) is 5.76 Å². The summed E-state index contributed by atoms with van der Waals surface area (Å²) < 4.78 is 5.47. The molecule has 1 fully saturated rings. The molecule has 2 heterocycles. The summed E-state index contributed by atoms with van der Waals surface area (Å²) in [6.45, 7) is 5.86. The van der Waals surface area contributed by atoms with Crippen molar-refractivity contribution in [2.75, 3.05) is 13.1 Å². The Morgan fingerprint density at radius 2 is 2.28 bits per heavy atom. The molecule has 0 bridgehead atoms. The van der Waals surface area contributed by atoms with Crippen molar-refractivity contribution in [3.63, 3.8) is 0 Å². The third kappa shape index (κ3) is 1.98. The first-order valence-electron chi connectivity index (χ1n) is 6.68. The monoisotopic (exact) mass is 245 g/mol. The average Bonchev–Trinajstić information content (AvgIpc) is 2.89. The predicted octanol–water partition coefficient (Wildman–Crippen LogP) is 2.94. The number of carbonyl (C=O) groups excluding carboxylic acids is 1. The number of hydrogen-bond acceptors (Lipinski definition) is 2. The van der Waals surface area contributed by atoms with Crippen molar-refractivity contribution in [2.45, 2.75) is 26.7 Å². The van der Waals surface area contributed by atoms with Crippen LogP contribution in [-0.2, 0) is 4.79 Å². The molecule has 0 aromatic carbocycles. The van der Waals surface area contributed by atoms with E-state index in [0.29, 0.717) is 18.4 Å². The molecule has 0 saturated heterocycles. The van der Waals surface area contributed by atoms with Gasteiger partial charge in [0.05, 0.1) is 6.26 Å². The van der Waals surface area contributed by atoms with Gasteiger partial charge in [-0.3, -0.25) is 4.79 Å². The molecule has 1 aliphatic heterocycles. The second-order valence-electron chi connectivity index (χ2n) is 5.57. The lowest BCUT2D eigenvalue weighted by Gasteiger charge is -2.29. The standard InChI is InChI=1S/C15H19NO2/c1-10-5-6-16(15(17)12-8-11(12)2)9-13(10)14-4-3-7-18-14/h3-4,7,11-12H,5-6,8-9H2,1-2H3/t11-,12+/m0/s1. The summed E-state index contributed by atoms with van der Waals surface area (Å²) in [6.07, 6.45) is 3.72. The fourth-order valence-corrected chi connectivity index (χ4v) is 2.69. The molecular formula is C15H19NO2. The normalized spacial score (nSPS) is 27.6. The highest BCUT2D eigenvalue weighted by Crippen LogP contribution is 2.40. The van der Waals surface area contributed by atoms with Gasteiger partial charge in [-0.1, -0.05) is 12.5 Å². The second kappa shape index (κ2) is 4.30. The van der Waals surface area contributed by atoms with E-state index in [9.17, 15) is 4.79 Å². The van der Waals surface area contributed by atoms with E-state index in [1.807, 2.05) is 17.0 Å². The van der Waals surface area contributed by atoms with E-state index in [0.717, 1.165) is 25.1 Å². The molecule has 1 amide bonds. The van der Waals surface area contributed by atoms with Crippen LogP contribution in [0.4, 0.5) is 0 Å². The fraction of sp³-hybridized carbons (Fsp3) is 0.533. The van der Waals surface area contributed by atoms with Crippen LogP contribution in [0.2, 0.25) is 0 Å². The van der Waals surface area contributed by atoms with Gasteiger partial charge in [-0.05, 0) is 37.8 Å². The van der Waals surface area contributed by atoms with Gasteiger partial charge in [0.25, 0.3) is 0 Å². The van der Waals surface area contributed by atoms with E-state index < -0.39 is 0 Å². The Kier molecular flexibility index (Phi) is 2.77. The lowest BCUT2D eigenvalue weighted by Crippen LogP contribution is -2.37. The number of furan rings is 1. The molecule has 18 heavy (non-hydrogen) atoms. The van der Waals surface area contributed by atoms with Crippen LogP contribution in [0.3, 0.4) is 0 Å². The largest absolute Gasteiger partial charge is 0.465 e. The van der Waals surface area contributed by atoms with Crippen molar-refractivity contribution in [3.05, 3.63) is 29.7 Å². The van der Waals surface area contributed by atoms with E-state index in [1.54, 1.807) is 6.26 Å². The molecule has 0 N–H and O–H groups in total. The van der Waals surface area contributed by atoms with Crippen LogP contribution in [0.25, 0.3) is 5.57 Å². The van der Waals surface area contributed by atoms with Gasteiger partial charge in [-0.15, -0.1) is 0 Å². The van der Waals surface area contributed by atoms with Crippen LogP contribution in [0.1, 0.15) is 32.4 Å². The van der Waals surface area contributed by atoms with E-state index in [1.165, 1.54) is 11.1 Å². The van der Waals surface area contributed by atoms with Crippen LogP contribution in [0.15, 0.2) is 28.4 Å². The zero-order valence-electron chi connectivity index (χ0n) is 11.0. The molecule has 1 aliphatic carbocycles. The smallest absolute Gasteiger partial charge is 0.226 e. The molecule has 2 aliphatic rings. The summed E-state index contributed by atoms with van der Waals surface area (Å²) in [6, 6.07) is 3.88. The highest BCUT2D eigenvalue weighted by Gasteiger charge is 2.42. The van der Waals surface area contributed by atoms with E-state index in [2.05, 4.69) is 13.8 Å². The van der Waals surface area contributed by atoms with Gasteiger partial charge in [-0.25, -0.2) is 0 Å². The molecule has 1 saturated carbocycles. The maximum absolute atomic E-state index is 12.3. The highest BCUT2D eigenvalue weighted by atomic mass is 16.3. The Hall–Kier alpha value is -1.51. The highest BCUT2D eigenvalue weighted by molar-refractivity contribution is 5.84. The summed E-state index contributed by atoms with van der Waals surface area (Å²) >= 11 is 0. The van der Waals surface area contributed by atoms with Crippen LogP contribution in [-0.4, -0.2) is 23.9 Å². The molecule has 3 rings (SSSR count). The molecule has 1 aromatic heterocycles. The summed E-state index contributed by atoms with van der Waals surface area (Å²) in [5, 5.41) is 0. The SMILES string of the molecule is CC1=C(c2ccco2)CN(C(=O)[C@@H]2C[C@@H]2C)CC1. The van der Waals surface area contributed by atoms with Crippen LogP contribution in [0, 0.1) is 11.8 Å². The number of hydrogen-bond donors (Lipinski definition) is 0. The van der Waals surface area contributed by atoms with Gasteiger partial charge in [-0.2, -0.15) is 0 Å². The lowest BCUT2D eigenvalue weighted by atomic mass is 9.99. The molecule has 0 spiro atoms.